The van der Waals surface area contributed by atoms with Crippen LogP contribution in [0.2, 0.25) is 5.28 Å². The highest BCUT2D eigenvalue weighted by Crippen LogP contribution is 2.39. The van der Waals surface area contributed by atoms with Crippen molar-refractivity contribution >= 4 is 34.4 Å². The lowest BCUT2D eigenvalue weighted by Crippen LogP contribution is -2.33. The predicted molar refractivity (Wildman–Crippen MR) is 117 cm³/mol. The quantitative estimate of drug-likeness (QED) is 0.246. The number of carbonyl (C=O) groups is 1. The number of carbonyl (C=O) groups excluding carboxylic acids is 1. The molecule has 1 saturated heterocycles. The SMILES string of the molecule is C#CC1(OC(=O)CCCCCCCCC)CCC(n2ccc3c(N)nc(Cl)nc32)O1. The standard InChI is InChI=1S/C22H29ClN4O3/c1-3-5-6-7-8-9-10-11-18(28)30-22(4-2)14-12-17(29-22)27-15-13-16-19(24)25-21(23)26-20(16)27/h2,13,15,17H,3,5-12,14H2,1H3,(H2,24,25,26). The summed E-state index contributed by atoms with van der Waals surface area (Å²) in [6.07, 6.45) is 16.3. The molecule has 1 aliphatic rings. The van der Waals surface area contributed by atoms with Crippen molar-refractivity contribution in [2.45, 2.75) is 83.1 Å². The second-order valence-corrected chi connectivity index (χ2v) is 8.03. The van der Waals surface area contributed by atoms with Crippen molar-refractivity contribution in [1.82, 2.24) is 14.5 Å². The van der Waals surface area contributed by atoms with E-state index in [1.54, 1.807) is 16.8 Å². The fourth-order valence-corrected chi connectivity index (χ4v) is 3.95. The molecule has 0 aromatic carbocycles. The van der Waals surface area contributed by atoms with Gasteiger partial charge in [0, 0.05) is 25.5 Å². The molecule has 8 heteroatoms. The molecular formula is C22H29ClN4O3. The predicted octanol–water partition coefficient (Wildman–Crippen LogP) is 4.99. The van der Waals surface area contributed by atoms with Crippen molar-refractivity contribution in [1.29, 1.82) is 0 Å². The number of nitrogens with zero attached hydrogens (tertiary/aromatic N) is 3. The summed E-state index contributed by atoms with van der Waals surface area (Å²) in [5, 5.41) is 0.736. The number of nitrogen functional groups attached to an aromatic ring is 1. The van der Waals surface area contributed by atoms with Gasteiger partial charge in [0.15, 0.2) is 0 Å². The maximum atomic E-state index is 12.3. The zero-order chi connectivity index (χ0) is 21.6. The smallest absolute Gasteiger partial charge is 0.309 e. The van der Waals surface area contributed by atoms with Crippen molar-refractivity contribution < 1.29 is 14.3 Å². The average Bonchev–Trinajstić information content (AvgIpc) is 3.32. The largest absolute Gasteiger partial charge is 0.421 e. The lowest BCUT2D eigenvalue weighted by Gasteiger charge is -2.24. The molecule has 2 unspecified atom stereocenters. The Morgan fingerprint density at radius 3 is 2.83 bits per heavy atom. The zero-order valence-electron chi connectivity index (χ0n) is 17.4. The van der Waals surface area contributed by atoms with E-state index in [-0.39, 0.29) is 11.3 Å². The minimum atomic E-state index is -1.36. The van der Waals surface area contributed by atoms with Crippen LogP contribution in [0.1, 0.15) is 77.4 Å². The third-order valence-electron chi connectivity index (χ3n) is 5.41. The Hall–Kier alpha value is -2.30. The Labute approximate surface area is 182 Å². The first kappa shape index (κ1) is 22.4. The summed E-state index contributed by atoms with van der Waals surface area (Å²) in [6.45, 7) is 2.20. The van der Waals surface area contributed by atoms with Crippen molar-refractivity contribution in [3.05, 3.63) is 17.5 Å². The van der Waals surface area contributed by atoms with Gasteiger partial charge in [-0.2, -0.15) is 4.98 Å². The van der Waals surface area contributed by atoms with E-state index in [1.807, 2.05) is 0 Å². The van der Waals surface area contributed by atoms with Crippen molar-refractivity contribution in [3.63, 3.8) is 0 Å². The molecule has 0 radical (unpaired) electrons. The van der Waals surface area contributed by atoms with E-state index < -0.39 is 12.0 Å². The first-order valence-electron chi connectivity index (χ1n) is 10.6. The molecule has 2 atom stereocenters. The molecule has 1 fully saturated rings. The van der Waals surface area contributed by atoms with E-state index in [2.05, 4.69) is 22.8 Å². The molecule has 30 heavy (non-hydrogen) atoms. The summed E-state index contributed by atoms with van der Waals surface area (Å²) in [4.78, 5) is 20.5. The molecule has 162 valence electrons. The van der Waals surface area contributed by atoms with Crippen LogP contribution < -0.4 is 5.73 Å². The highest BCUT2D eigenvalue weighted by Gasteiger charge is 2.43. The molecule has 3 heterocycles. The van der Waals surface area contributed by atoms with E-state index in [0.29, 0.717) is 36.1 Å². The summed E-state index contributed by atoms with van der Waals surface area (Å²) in [5.41, 5.74) is 6.47. The van der Waals surface area contributed by atoms with Gasteiger partial charge in [-0.25, -0.2) is 4.98 Å². The van der Waals surface area contributed by atoms with Gasteiger partial charge in [0.1, 0.15) is 17.7 Å². The molecule has 2 aromatic rings. The minimum absolute atomic E-state index is 0.0577. The molecule has 0 bridgehead atoms. The molecule has 0 saturated carbocycles. The Balaban J connectivity index is 1.56. The van der Waals surface area contributed by atoms with E-state index in [1.165, 1.54) is 25.7 Å². The molecule has 2 N–H and O–H groups in total. The van der Waals surface area contributed by atoms with Crippen LogP contribution in [0, 0.1) is 12.3 Å². The fourth-order valence-electron chi connectivity index (χ4n) is 3.78. The second-order valence-electron chi connectivity index (χ2n) is 7.69. The van der Waals surface area contributed by atoms with Gasteiger partial charge < -0.3 is 19.8 Å². The van der Waals surface area contributed by atoms with Gasteiger partial charge >= 0.3 is 5.97 Å². The fraction of sp³-hybridized carbons (Fsp3) is 0.591. The minimum Gasteiger partial charge on any atom is -0.421 e. The number of halogens is 1. The normalized spacial score (nSPS) is 21.0. The van der Waals surface area contributed by atoms with Gasteiger partial charge in [0.2, 0.25) is 5.28 Å². The number of hydrogen-bond acceptors (Lipinski definition) is 6. The number of terminal acetylenes is 1. The Bertz CT molecular complexity index is 923. The third-order valence-corrected chi connectivity index (χ3v) is 5.58. The number of nitrogens with two attached hydrogens (primary N) is 1. The van der Waals surface area contributed by atoms with Crippen LogP contribution in [0.3, 0.4) is 0 Å². The van der Waals surface area contributed by atoms with Crippen LogP contribution in [-0.4, -0.2) is 26.3 Å². The van der Waals surface area contributed by atoms with Gasteiger partial charge in [0.05, 0.1) is 5.39 Å². The van der Waals surface area contributed by atoms with Gasteiger partial charge in [-0.1, -0.05) is 45.4 Å². The third kappa shape index (κ3) is 5.24. The summed E-state index contributed by atoms with van der Waals surface area (Å²) in [6, 6.07) is 1.80. The highest BCUT2D eigenvalue weighted by molar-refractivity contribution is 6.28. The topological polar surface area (TPSA) is 92.3 Å². The van der Waals surface area contributed by atoms with E-state index >= 15 is 0 Å². The van der Waals surface area contributed by atoms with Crippen LogP contribution in [0.4, 0.5) is 5.82 Å². The molecule has 2 aromatic heterocycles. The average molecular weight is 433 g/mol. The number of unbranched alkanes of at least 4 members (excludes halogenated alkanes) is 6. The maximum absolute atomic E-state index is 12.3. The lowest BCUT2D eigenvalue weighted by atomic mass is 10.1. The number of aromatic nitrogens is 3. The molecule has 0 spiro atoms. The van der Waals surface area contributed by atoms with E-state index in [4.69, 9.17) is 33.2 Å². The van der Waals surface area contributed by atoms with Gasteiger partial charge in [-0.05, 0) is 30.0 Å². The van der Waals surface area contributed by atoms with Gasteiger partial charge in [-0.15, -0.1) is 6.42 Å². The van der Waals surface area contributed by atoms with Crippen LogP contribution in [0.15, 0.2) is 12.3 Å². The summed E-state index contributed by atoms with van der Waals surface area (Å²) in [7, 11) is 0. The van der Waals surface area contributed by atoms with Crippen LogP contribution >= 0.6 is 11.6 Å². The molecule has 0 amide bonds. The molecular weight excluding hydrogens is 404 g/mol. The van der Waals surface area contributed by atoms with Crippen molar-refractivity contribution in [3.8, 4) is 12.3 Å². The maximum Gasteiger partial charge on any atom is 0.309 e. The first-order valence-corrected chi connectivity index (χ1v) is 11.0. The number of rotatable bonds is 10. The lowest BCUT2D eigenvalue weighted by molar-refractivity contribution is -0.207. The Kier molecular flexibility index (Phi) is 7.57. The number of esters is 1. The monoisotopic (exact) mass is 432 g/mol. The van der Waals surface area contributed by atoms with E-state index in [0.717, 1.165) is 19.3 Å². The van der Waals surface area contributed by atoms with Crippen LogP contribution in [0.25, 0.3) is 11.0 Å². The van der Waals surface area contributed by atoms with Crippen molar-refractivity contribution in [2.75, 3.05) is 5.73 Å². The van der Waals surface area contributed by atoms with Crippen LogP contribution in [0.5, 0.6) is 0 Å². The highest BCUT2D eigenvalue weighted by atomic mass is 35.5. The number of fused-ring (bicyclic) bond motifs is 1. The van der Waals surface area contributed by atoms with E-state index in [9.17, 15) is 4.79 Å². The Morgan fingerprint density at radius 1 is 1.37 bits per heavy atom. The van der Waals surface area contributed by atoms with Crippen molar-refractivity contribution in [2.24, 2.45) is 0 Å². The van der Waals surface area contributed by atoms with Crippen LogP contribution in [-0.2, 0) is 14.3 Å². The summed E-state index contributed by atoms with van der Waals surface area (Å²) < 4.78 is 13.4. The number of hydrogen-bond donors (Lipinski definition) is 1. The summed E-state index contributed by atoms with van der Waals surface area (Å²) in [5.74, 6) is 1.15. The number of ether oxygens (including phenoxy) is 2. The first-order chi connectivity index (χ1) is 14.5. The Morgan fingerprint density at radius 2 is 2.10 bits per heavy atom. The van der Waals surface area contributed by atoms with Gasteiger partial charge in [-0.3, -0.25) is 4.79 Å². The van der Waals surface area contributed by atoms with Gasteiger partial charge in [0.25, 0.3) is 5.79 Å². The molecule has 1 aliphatic heterocycles. The zero-order valence-corrected chi connectivity index (χ0v) is 18.2. The summed E-state index contributed by atoms with van der Waals surface area (Å²) >= 11 is 5.95. The molecule has 7 nitrogen and oxygen atoms in total. The molecule has 3 rings (SSSR count). The molecule has 0 aliphatic carbocycles. The number of anilines is 1. The second kappa shape index (κ2) is 10.1.